The van der Waals surface area contributed by atoms with Crippen molar-refractivity contribution in [3.63, 3.8) is 0 Å². The van der Waals surface area contributed by atoms with Crippen LogP contribution in [0.5, 0.6) is 23.0 Å². The lowest BCUT2D eigenvalue weighted by Gasteiger charge is -2.47. The molecule has 5 rings (SSSR count). The molecule has 19 heteroatoms. The molecule has 3 aliphatic heterocycles. The summed E-state index contributed by atoms with van der Waals surface area (Å²) in [5.74, 6) is -1.64. The lowest BCUT2D eigenvalue weighted by atomic mass is 9.96. The van der Waals surface area contributed by atoms with Crippen LogP contribution in [0.1, 0.15) is 18.1 Å². The van der Waals surface area contributed by atoms with Gasteiger partial charge in [0.1, 0.15) is 48.3 Å². The highest BCUT2D eigenvalue weighted by Gasteiger charge is 2.55. The monoisotopic (exact) mass is 770 g/mol. The molecule has 13 atom stereocenters. The first-order valence-electron chi connectivity index (χ1n) is 17.0. The van der Waals surface area contributed by atoms with Crippen molar-refractivity contribution >= 4 is 12.0 Å². The molecule has 2 aromatic rings. The molecule has 0 spiro atoms. The SMILES string of the molecule is COc1cc(C=CC(=O)OC2C(CO)OC(OCCc3ccc(O)c(O)c3)C(O)C2OC2OC(C)C(OC3OCC(O)(CO)C3O)C(O)C2O)ccc1O. The van der Waals surface area contributed by atoms with Gasteiger partial charge in [0.25, 0.3) is 0 Å². The van der Waals surface area contributed by atoms with E-state index in [1.807, 2.05) is 0 Å². The fourth-order valence-electron chi connectivity index (χ4n) is 6.15. The molecule has 2 aromatic carbocycles. The molecular weight excluding hydrogens is 724 g/mol. The minimum absolute atomic E-state index is 0.113. The Bertz CT molecular complexity index is 1590. The lowest BCUT2D eigenvalue weighted by molar-refractivity contribution is -0.365. The molecular formula is C35H46O19. The minimum atomic E-state index is -2.02. The van der Waals surface area contributed by atoms with Gasteiger partial charge >= 0.3 is 5.97 Å². The number of aromatic hydroxyl groups is 3. The second kappa shape index (κ2) is 17.9. The summed E-state index contributed by atoms with van der Waals surface area (Å²) >= 11 is 0. The molecule has 0 saturated carbocycles. The largest absolute Gasteiger partial charge is 0.504 e. The van der Waals surface area contributed by atoms with Gasteiger partial charge in [-0.3, -0.25) is 0 Å². The van der Waals surface area contributed by atoms with E-state index in [9.17, 15) is 55.9 Å². The number of methoxy groups -OCH3 is 1. The van der Waals surface area contributed by atoms with Gasteiger partial charge in [0.15, 0.2) is 48.0 Å². The van der Waals surface area contributed by atoms with Crippen molar-refractivity contribution in [3.05, 3.63) is 53.6 Å². The summed E-state index contributed by atoms with van der Waals surface area (Å²) in [4.78, 5) is 13.1. The number of phenolic OH excluding ortho intramolecular Hbond substituents is 3. The van der Waals surface area contributed by atoms with Crippen LogP contribution < -0.4 is 4.74 Å². The zero-order valence-corrected chi connectivity index (χ0v) is 29.2. The van der Waals surface area contributed by atoms with Crippen LogP contribution in [0.3, 0.4) is 0 Å². The van der Waals surface area contributed by atoms with Crippen LogP contribution in [0.4, 0.5) is 0 Å². The number of esters is 1. The molecule has 0 aliphatic carbocycles. The Morgan fingerprint density at radius 1 is 0.870 bits per heavy atom. The molecule has 3 saturated heterocycles. The number of benzene rings is 2. The molecule has 0 amide bonds. The van der Waals surface area contributed by atoms with E-state index in [1.165, 1.54) is 56.5 Å². The van der Waals surface area contributed by atoms with Gasteiger partial charge in [-0.25, -0.2) is 4.79 Å². The summed E-state index contributed by atoms with van der Waals surface area (Å²) in [5.41, 5.74) is -1.02. The Kier molecular flexibility index (Phi) is 13.7. The van der Waals surface area contributed by atoms with Gasteiger partial charge in [-0.15, -0.1) is 0 Å². The number of rotatable bonds is 14. The minimum Gasteiger partial charge on any atom is -0.504 e. The second-order valence-corrected chi connectivity index (χ2v) is 13.1. The van der Waals surface area contributed by atoms with Crippen molar-refractivity contribution in [2.75, 3.05) is 33.5 Å². The normalized spacial score (nSPS) is 35.6. The summed E-state index contributed by atoms with van der Waals surface area (Å²) in [6.45, 7) is -0.777. The van der Waals surface area contributed by atoms with E-state index in [0.717, 1.165) is 6.08 Å². The molecule has 3 aliphatic rings. The van der Waals surface area contributed by atoms with Crippen molar-refractivity contribution in [1.29, 1.82) is 0 Å². The standard InChI is InChI=1S/C35H46O19/c1-16-28(53-34-31(45)35(46,14-37)15-49-34)25(42)26(43)33(50-16)54-30-27(44)32(48-10-9-18-3-6-19(38)21(40)11-18)51-23(13-36)29(30)52-24(41)8-5-17-4-7-20(39)22(12-17)47-2/h3-8,11-12,16,23,25-34,36-40,42-46H,9-10,13-15H2,1-2H3. The number of carbonyl (C=O) groups is 1. The smallest absolute Gasteiger partial charge is 0.331 e. The molecule has 0 bridgehead atoms. The van der Waals surface area contributed by atoms with Crippen LogP contribution in [-0.4, -0.2) is 170 Å². The third kappa shape index (κ3) is 9.23. The maximum absolute atomic E-state index is 13.1. The van der Waals surface area contributed by atoms with Crippen LogP contribution in [0, 0.1) is 0 Å². The third-order valence-electron chi connectivity index (χ3n) is 9.31. The van der Waals surface area contributed by atoms with Crippen molar-refractivity contribution < 1.29 is 93.8 Å². The van der Waals surface area contributed by atoms with E-state index >= 15 is 0 Å². The highest BCUT2D eigenvalue weighted by molar-refractivity contribution is 5.87. The summed E-state index contributed by atoms with van der Waals surface area (Å²) in [7, 11) is 1.35. The van der Waals surface area contributed by atoms with Gasteiger partial charge in [0, 0.05) is 6.08 Å². The fraction of sp³-hybridized carbons (Fsp3) is 0.571. The summed E-state index contributed by atoms with van der Waals surface area (Å²) in [6.07, 6.45) is -16.4. The van der Waals surface area contributed by atoms with E-state index in [-0.39, 0.29) is 36.0 Å². The average molecular weight is 771 g/mol. The highest BCUT2D eigenvalue weighted by atomic mass is 16.8. The van der Waals surface area contributed by atoms with Gasteiger partial charge in [-0.05, 0) is 54.8 Å². The number of ether oxygens (including phenoxy) is 8. The predicted octanol–water partition coefficient (Wildman–Crippen LogP) is -2.25. The quantitative estimate of drug-likeness (QED) is 0.0552. The number of carbonyl (C=O) groups excluding carboxylic acids is 1. The van der Waals surface area contributed by atoms with Crippen molar-refractivity contribution in [3.8, 4) is 23.0 Å². The van der Waals surface area contributed by atoms with Crippen molar-refractivity contribution in [2.45, 2.75) is 92.8 Å². The molecule has 0 radical (unpaired) electrons. The summed E-state index contributed by atoms with van der Waals surface area (Å²) in [5, 5.41) is 103. The molecule has 300 valence electrons. The van der Waals surface area contributed by atoms with Gasteiger partial charge in [-0.2, -0.15) is 0 Å². The molecule has 19 nitrogen and oxygen atoms in total. The maximum Gasteiger partial charge on any atom is 0.331 e. The van der Waals surface area contributed by atoms with Crippen LogP contribution in [0.15, 0.2) is 42.5 Å². The number of aliphatic hydroxyl groups is 7. The van der Waals surface area contributed by atoms with Gasteiger partial charge in [0.05, 0.1) is 39.6 Å². The third-order valence-corrected chi connectivity index (χ3v) is 9.31. The maximum atomic E-state index is 13.1. The molecule has 3 fully saturated rings. The van der Waals surface area contributed by atoms with E-state index in [4.69, 9.17) is 37.9 Å². The van der Waals surface area contributed by atoms with E-state index in [0.29, 0.717) is 11.1 Å². The Labute approximate surface area is 308 Å². The number of hydrogen-bond acceptors (Lipinski definition) is 19. The van der Waals surface area contributed by atoms with Crippen LogP contribution in [-0.2, 0) is 44.4 Å². The van der Waals surface area contributed by atoms with E-state index in [2.05, 4.69) is 0 Å². The number of aliphatic hydroxyl groups excluding tert-OH is 6. The Morgan fingerprint density at radius 3 is 2.26 bits per heavy atom. The topological polar surface area (TPSA) is 293 Å². The Hall–Kier alpha value is -3.67. The number of phenols is 3. The molecule has 10 N–H and O–H groups in total. The van der Waals surface area contributed by atoms with Crippen molar-refractivity contribution in [1.82, 2.24) is 0 Å². The highest BCUT2D eigenvalue weighted by Crippen LogP contribution is 2.35. The molecule has 54 heavy (non-hydrogen) atoms. The molecule has 0 aromatic heterocycles. The van der Waals surface area contributed by atoms with Crippen LogP contribution >= 0.6 is 0 Å². The van der Waals surface area contributed by atoms with Crippen LogP contribution in [0.2, 0.25) is 0 Å². The van der Waals surface area contributed by atoms with E-state index < -0.39 is 105 Å². The Morgan fingerprint density at radius 2 is 1.59 bits per heavy atom. The zero-order valence-electron chi connectivity index (χ0n) is 29.2. The van der Waals surface area contributed by atoms with Crippen LogP contribution in [0.25, 0.3) is 6.08 Å². The number of hydrogen-bond donors (Lipinski definition) is 10. The molecule has 13 unspecified atom stereocenters. The first-order chi connectivity index (χ1) is 25.7. The Balaban J connectivity index is 1.33. The first-order valence-corrected chi connectivity index (χ1v) is 17.0. The zero-order chi connectivity index (χ0) is 39.3. The fourth-order valence-corrected chi connectivity index (χ4v) is 6.15. The van der Waals surface area contributed by atoms with Crippen molar-refractivity contribution in [2.24, 2.45) is 0 Å². The van der Waals surface area contributed by atoms with Gasteiger partial charge in [0.2, 0.25) is 0 Å². The second-order valence-electron chi connectivity index (χ2n) is 13.1. The van der Waals surface area contributed by atoms with Gasteiger partial charge < -0.3 is 89.0 Å². The predicted molar refractivity (Wildman–Crippen MR) is 179 cm³/mol. The lowest BCUT2D eigenvalue weighted by Crippen LogP contribution is -2.65. The molecule has 3 heterocycles. The summed E-state index contributed by atoms with van der Waals surface area (Å²) in [6, 6.07) is 8.43. The van der Waals surface area contributed by atoms with E-state index in [1.54, 1.807) is 0 Å². The average Bonchev–Trinajstić information content (AvgIpc) is 3.44. The summed E-state index contributed by atoms with van der Waals surface area (Å²) < 4.78 is 44.9. The van der Waals surface area contributed by atoms with Gasteiger partial charge in [-0.1, -0.05) is 12.1 Å². The first kappa shape index (κ1) is 41.5.